The van der Waals surface area contributed by atoms with Crippen molar-refractivity contribution in [1.29, 1.82) is 0 Å². The first-order chi connectivity index (χ1) is 16.6. The van der Waals surface area contributed by atoms with E-state index in [2.05, 4.69) is 26.5 Å². The molecule has 2 rings (SSSR count). The molecule has 0 heterocycles. The molecule has 1 heteroatoms. The van der Waals surface area contributed by atoms with Gasteiger partial charge in [-0.05, 0) is 73.9 Å². The van der Waals surface area contributed by atoms with Crippen molar-refractivity contribution in [2.75, 3.05) is 5.75 Å². The summed E-state index contributed by atoms with van der Waals surface area (Å²) in [4.78, 5) is 0. The van der Waals surface area contributed by atoms with E-state index in [-0.39, 0.29) is 0 Å². The van der Waals surface area contributed by atoms with Crippen molar-refractivity contribution < 1.29 is 0 Å². The molecule has 0 spiro atoms. The van der Waals surface area contributed by atoms with E-state index in [1.807, 2.05) is 0 Å². The Labute approximate surface area is 222 Å². The third-order valence-electron chi connectivity index (χ3n) is 9.98. The molecule has 0 nitrogen and oxygen atoms in total. The summed E-state index contributed by atoms with van der Waals surface area (Å²) >= 11 is 4.65. The quantitative estimate of drug-likeness (QED) is 0.362. The van der Waals surface area contributed by atoms with Crippen LogP contribution in [0.15, 0.2) is 0 Å². The van der Waals surface area contributed by atoms with Crippen molar-refractivity contribution in [3.63, 3.8) is 0 Å². The standard InChI is InChI=1S/C33H64S/c1-32(24-18-15-12-16-19-25-32)28-29-33(2)26-20-14-11-9-7-5-3-4-6-8-10-13-17-21-31(22-27-33)23-30-34/h31,34H,3-30H2,1-2H3. The van der Waals surface area contributed by atoms with E-state index >= 15 is 0 Å². The molecular formula is C33H64S. The lowest BCUT2D eigenvalue weighted by Crippen LogP contribution is -2.25. The van der Waals surface area contributed by atoms with Crippen molar-refractivity contribution in [3.05, 3.63) is 0 Å². The molecule has 2 aliphatic rings. The van der Waals surface area contributed by atoms with Crippen LogP contribution < -0.4 is 0 Å². The summed E-state index contributed by atoms with van der Waals surface area (Å²) in [7, 11) is 0. The van der Waals surface area contributed by atoms with E-state index in [0.29, 0.717) is 10.8 Å². The Balaban J connectivity index is 1.94. The SMILES string of the molecule is CC1(CCC2(C)CCCCCCCCCCCCCCCC(CCS)CC2)CCCCCCC1. The average molecular weight is 493 g/mol. The molecule has 0 N–H and O–H groups in total. The zero-order valence-corrected chi connectivity index (χ0v) is 24.7. The van der Waals surface area contributed by atoms with Gasteiger partial charge in [0.1, 0.15) is 0 Å². The van der Waals surface area contributed by atoms with Crippen LogP contribution >= 0.6 is 12.6 Å². The summed E-state index contributed by atoms with van der Waals surface area (Å²) in [5.74, 6) is 2.01. The predicted octanol–water partition coefficient (Wildman–Crippen LogP) is 12.1. The fraction of sp³-hybridized carbons (Fsp3) is 1.00. The Morgan fingerprint density at radius 2 is 0.824 bits per heavy atom. The molecule has 0 aromatic heterocycles. The molecule has 0 aromatic rings. The summed E-state index contributed by atoms with van der Waals surface area (Å²) in [6, 6.07) is 0. The van der Waals surface area contributed by atoms with Gasteiger partial charge in [0.15, 0.2) is 0 Å². The molecular weight excluding hydrogens is 428 g/mol. The van der Waals surface area contributed by atoms with Crippen LogP contribution in [-0.2, 0) is 0 Å². The second-order valence-corrected chi connectivity index (χ2v) is 13.9. The lowest BCUT2D eigenvalue weighted by molar-refractivity contribution is 0.143. The highest BCUT2D eigenvalue weighted by Gasteiger charge is 2.31. The van der Waals surface area contributed by atoms with E-state index in [1.165, 1.54) is 173 Å². The van der Waals surface area contributed by atoms with Crippen LogP contribution in [-0.4, -0.2) is 5.75 Å². The second kappa shape index (κ2) is 18.6. The number of rotatable bonds is 5. The van der Waals surface area contributed by atoms with Crippen molar-refractivity contribution in [1.82, 2.24) is 0 Å². The molecule has 34 heavy (non-hydrogen) atoms. The fourth-order valence-corrected chi connectivity index (χ4v) is 7.45. The van der Waals surface area contributed by atoms with Crippen molar-refractivity contribution in [2.45, 2.75) is 187 Å². The molecule has 0 amide bonds. The van der Waals surface area contributed by atoms with Gasteiger partial charge in [-0.2, -0.15) is 12.6 Å². The Bertz CT molecular complexity index is 463. The summed E-state index contributed by atoms with van der Waals surface area (Å²) in [5.41, 5.74) is 1.20. The summed E-state index contributed by atoms with van der Waals surface area (Å²) < 4.78 is 0. The van der Waals surface area contributed by atoms with Crippen molar-refractivity contribution >= 4 is 12.6 Å². The molecule has 0 saturated heterocycles. The van der Waals surface area contributed by atoms with E-state index in [1.54, 1.807) is 0 Å². The van der Waals surface area contributed by atoms with E-state index in [0.717, 1.165) is 11.7 Å². The number of hydrogen-bond donors (Lipinski definition) is 1. The lowest BCUT2D eigenvalue weighted by atomic mass is 9.68. The highest BCUT2D eigenvalue weighted by molar-refractivity contribution is 7.80. The minimum atomic E-state index is 0.573. The molecule has 0 bridgehead atoms. The van der Waals surface area contributed by atoms with Crippen LogP contribution in [0, 0.1) is 16.7 Å². The maximum Gasteiger partial charge on any atom is -0.00953 e. The summed E-state index contributed by atoms with van der Waals surface area (Å²) in [5, 5.41) is 0. The number of hydrogen-bond acceptors (Lipinski definition) is 1. The van der Waals surface area contributed by atoms with Gasteiger partial charge in [-0.1, -0.05) is 136 Å². The van der Waals surface area contributed by atoms with Crippen molar-refractivity contribution in [3.8, 4) is 0 Å². The lowest BCUT2D eigenvalue weighted by Gasteiger charge is -2.38. The minimum Gasteiger partial charge on any atom is -0.179 e. The van der Waals surface area contributed by atoms with Gasteiger partial charge in [0, 0.05) is 0 Å². The van der Waals surface area contributed by atoms with Crippen molar-refractivity contribution in [2.24, 2.45) is 16.7 Å². The normalized spacial score (nSPS) is 30.3. The molecule has 2 atom stereocenters. The number of thiol groups is 1. The molecule has 2 saturated carbocycles. The van der Waals surface area contributed by atoms with Gasteiger partial charge in [0.25, 0.3) is 0 Å². The zero-order chi connectivity index (χ0) is 24.4. The Hall–Kier alpha value is 0.350. The van der Waals surface area contributed by atoms with Crippen LogP contribution in [0.1, 0.15) is 187 Å². The first-order valence-electron chi connectivity index (χ1n) is 16.2. The van der Waals surface area contributed by atoms with E-state index in [4.69, 9.17) is 0 Å². The van der Waals surface area contributed by atoms with Crippen LogP contribution in [0.2, 0.25) is 0 Å². The predicted molar refractivity (Wildman–Crippen MR) is 158 cm³/mol. The molecule has 0 radical (unpaired) electrons. The molecule has 202 valence electrons. The van der Waals surface area contributed by atoms with Gasteiger partial charge >= 0.3 is 0 Å². The van der Waals surface area contributed by atoms with Gasteiger partial charge in [-0.25, -0.2) is 0 Å². The third-order valence-corrected chi connectivity index (χ3v) is 10.2. The highest BCUT2D eigenvalue weighted by Crippen LogP contribution is 2.44. The molecule has 0 aromatic carbocycles. The van der Waals surface area contributed by atoms with E-state index < -0.39 is 0 Å². The van der Waals surface area contributed by atoms with Gasteiger partial charge < -0.3 is 0 Å². The first kappa shape index (κ1) is 30.6. The Morgan fingerprint density at radius 1 is 0.471 bits per heavy atom. The fourth-order valence-electron chi connectivity index (χ4n) is 7.08. The monoisotopic (exact) mass is 492 g/mol. The Kier molecular flexibility index (Phi) is 16.7. The maximum atomic E-state index is 4.65. The van der Waals surface area contributed by atoms with Gasteiger partial charge in [0.05, 0.1) is 0 Å². The minimum absolute atomic E-state index is 0.573. The Morgan fingerprint density at radius 3 is 1.24 bits per heavy atom. The molecule has 2 fully saturated rings. The van der Waals surface area contributed by atoms with Gasteiger partial charge in [-0.3, -0.25) is 0 Å². The molecule has 2 unspecified atom stereocenters. The van der Waals surface area contributed by atoms with E-state index in [9.17, 15) is 0 Å². The topological polar surface area (TPSA) is 0 Å². The average Bonchev–Trinajstić information content (AvgIpc) is 2.81. The van der Waals surface area contributed by atoms with Crippen LogP contribution in [0.4, 0.5) is 0 Å². The van der Waals surface area contributed by atoms with Gasteiger partial charge in [-0.15, -0.1) is 0 Å². The first-order valence-corrected chi connectivity index (χ1v) is 16.8. The maximum absolute atomic E-state index is 4.65. The molecule has 0 aliphatic heterocycles. The third kappa shape index (κ3) is 14.2. The zero-order valence-electron chi connectivity index (χ0n) is 23.8. The van der Waals surface area contributed by atoms with Crippen LogP contribution in [0.3, 0.4) is 0 Å². The highest BCUT2D eigenvalue weighted by atomic mass is 32.1. The second-order valence-electron chi connectivity index (χ2n) is 13.4. The van der Waals surface area contributed by atoms with Gasteiger partial charge in [0.2, 0.25) is 0 Å². The summed E-state index contributed by atoms with van der Waals surface area (Å²) in [6.07, 6.45) is 39.9. The van der Waals surface area contributed by atoms with Crippen LogP contribution in [0.25, 0.3) is 0 Å². The summed E-state index contributed by atoms with van der Waals surface area (Å²) in [6.45, 7) is 5.34. The molecule has 2 aliphatic carbocycles. The van der Waals surface area contributed by atoms with Crippen LogP contribution in [0.5, 0.6) is 0 Å². The smallest absolute Gasteiger partial charge is 0.00953 e. The largest absolute Gasteiger partial charge is 0.179 e.